The van der Waals surface area contributed by atoms with E-state index in [9.17, 15) is 9.59 Å². The van der Waals surface area contributed by atoms with Crippen LogP contribution in [0, 0.1) is 0 Å². The van der Waals surface area contributed by atoms with E-state index in [4.69, 9.17) is 5.73 Å². The normalized spacial score (nSPS) is 14.2. The maximum Gasteiger partial charge on any atom is 0.265 e. The number of nitrogens with zero attached hydrogens (tertiary/aromatic N) is 1. The second-order valence-electron chi connectivity index (χ2n) is 5.06. The molecular weight excluding hydrogens is 278 g/mol. The molecule has 7 nitrogen and oxygen atoms in total. The number of anilines is 2. The molecule has 0 aromatic carbocycles. The lowest BCUT2D eigenvalue weighted by Gasteiger charge is -2.08. The number of nitrogen functional groups attached to an aromatic ring is 1. The topological polar surface area (TPSA) is 109 Å². The summed E-state index contributed by atoms with van der Waals surface area (Å²) in [5.41, 5.74) is 5.72. The van der Waals surface area contributed by atoms with Gasteiger partial charge in [0.15, 0.2) is 5.13 Å². The van der Waals surface area contributed by atoms with Crippen LogP contribution in [0.4, 0.5) is 10.9 Å². The van der Waals surface area contributed by atoms with Gasteiger partial charge in [0.05, 0.1) is 6.54 Å². The van der Waals surface area contributed by atoms with Gasteiger partial charge in [-0.2, -0.15) is 0 Å². The molecule has 0 bridgehead atoms. The van der Waals surface area contributed by atoms with Gasteiger partial charge in [0.2, 0.25) is 5.91 Å². The van der Waals surface area contributed by atoms with Crippen LogP contribution in [0.25, 0.3) is 0 Å². The van der Waals surface area contributed by atoms with Gasteiger partial charge in [0.25, 0.3) is 5.91 Å². The Morgan fingerprint density at radius 2 is 2.15 bits per heavy atom. The van der Waals surface area contributed by atoms with Crippen LogP contribution in [0.1, 0.15) is 36.4 Å². The van der Waals surface area contributed by atoms with Crippen LogP contribution in [0.15, 0.2) is 0 Å². The Labute approximate surface area is 121 Å². The van der Waals surface area contributed by atoms with Gasteiger partial charge in [-0.25, -0.2) is 4.98 Å². The predicted molar refractivity (Wildman–Crippen MR) is 78.8 cm³/mol. The Kier molecular flexibility index (Phi) is 4.43. The highest BCUT2D eigenvalue weighted by Gasteiger charge is 2.24. The highest BCUT2D eigenvalue weighted by atomic mass is 32.1. The fraction of sp³-hybridized carbons (Fsp3) is 0.583. The van der Waals surface area contributed by atoms with E-state index in [0.29, 0.717) is 16.1 Å². The third kappa shape index (κ3) is 4.09. The van der Waals surface area contributed by atoms with Crippen LogP contribution in [0.3, 0.4) is 0 Å². The molecule has 0 spiro atoms. The number of carbonyl (C=O) groups excluding carboxylic acids is 2. The van der Waals surface area contributed by atoms with Gasteiger partial charge in [-0.15, -0.1) is 0 Å². The van der Waals surface area contributed by atoms with Crippen molar-refractivity contribution < 1.29 is 9.59 Å². The Morgan fingerprint density at radius 1 is 1.45 bits per heavy atom. The minimum Gasteiger partial charge on any atom is -0.382 e. The maximum absolute atomic E-state index is 11.9. The fourth-order valence-corrected chi connectivity index (χ4v) is 2.45. The van der Waals surface area contributed by atoms with Crippen molar-refractivity contribution in [2.24, 2.45) is 0 Å². The zero-order chi connectivity index (χ0) is 14.7. The predicted octanol–water partition coefficient (Wildman–Crippen LogP) is 0.554. The lowest BCUT2D eigenvalue weighted by molar-refractivity contribution is -0.120. The minimum atomic E-state index is -0.372. The summed E-state index contributed by atoms with van der Waals surface area (Å²) in [6, 6.07) is 0.496. The summed E-state index contributed by atoms with van der Waals surface area (Å²) < 4.78 is 0. The van der Waals surface area contributed by atoms with Gasteiger partial charge in [-0.05, 0) is 26.7 Å². The first-order chi connectivity index (χ1) is 9.45. The highest BCUT2D eigenvalue weighted by molar-refractivity contribution is 7.18. The number of rotatable bonds is 6. The summed E-state index contributed by atoms with van der Waals surface area (Å²) in [5.74, 6) is -0.407. The van der Waals surface area contributed by atoms with Crippen molar-refractivity contribution in [1.82, 2.24) is 15.6 Å². The molecule has 2 amide bonds. The second-order valence-corrected chi connectivity index (χ2v) is 6.06. The average Bonchev–Trinajstić information content (AvgIpc) is 3.08. The van der Waals surface area contributed by atoms with E-state index in [1.807, 2.05) is 13.8 Å². The minimum absolute atomic E-state index is 0.0437. The van der Waals surface area contributed by atoms with E-state index in [1.165, 1.54) is 11.3 Å². The molecule has 1 aromatic rings. The molecule has 1 heterocycles. The van der Waals surface area contributed by atoms with Crippen molar-refractivity contribution in [3.63, 3.8) is 0 Å². The number of thiazole rings is 1. The Hall–Kier alpha value is -1.83. The molecule has 5 N–H and O–H groups in total. The molecule has 110 valence electrons. The van der Waals surface area contributed by atoms with Gasteiger partial charge >= 0.3 is 0 Å². The number of hydrogen-bond donors (Lipinski definition) is 4. The molecule has 1 aliphatic rings. The van der Waals surface area contributed by atoms with Gasteiger partial charge < -0.3 is 21.7 Å². The summed E-state index contributed by atoms with van der Waals surface area (Å²) in [7, 11) is 0. The number of hydrogen-bond acceptors (Lipinski definition) is 6. The van der Waals surface area contributed by atoms with Crippen LogP contribution in [0.5, 0.6) is 0 Å². The van der Waals surface area contributed by atoms with Crippen molar-refractivity contribution in [3.05, 3.63) is 4.88 Å². The first-order valence-corrected chi connectivity index (χ1v) is 7.37. The standard InChI is InChI=1S/C12H19N5O2S/c1-6(2)15-8(18)5-14-11(19)9-10(13)17-12(20-9)16-7-3-4-7/h6-7H,3-5,13H2,1-2H3,(H,14,19)(H,15,18)(H,16,17). The van der Waals surface area contributed by atoms with Crippen LogP contribution >= 0.6 is 11.3 Å². The summed E-state index contributed by atoms with van der Waals surface area (Å²) in [4.78, 5) is 27.8. The zero-order valence-electron chi connectivity index (χ0n) is 11.5. The molecule has 2 rings (SSSR count). The lowest BCUT2D eigenvalue weighted by atomic mass is 10.4. The first-order valence-electron chi connectivity index (χ1n) is 6.56. The molecule has 1 aromatic heterocycles. The molecule has 0 saturated heterocycles. The smallest absolute Gasteiger partial charge is 0.265 e. The van der Waals surface area contributed by atoms with E-state index in [2.05, 4.69) is 20.9 Å². The molecule has 0 aliphatic heterocycles. The molecule has 1 fully saturated rings. The highest BCUT2D eigenvalue weighted by Crippen LogP contribution is 2.30. The second kappa shape index (κ2) is 6.08. The van der Waals surface area contributed by atoms with Crippen molar-refractivity contribution >= 4 is 34.1 Å². The lowest BCUT2D eigenvalue weighted by Crippen LogP contribution is -2.39. The van der Waals surface area contributed by atoms with E-state index >= 15 is 0 Å². The molecule has 0 unspecified atom stereocenters. The number of nitrogens with one attached hydrogen (secondary N) is 3. The SMILES string of the molecule is CC(C)NC(=O)CNC(=O)c1sc(NC2CC2)nc1N. The Morgan fingerprint density at radius 3 is 2.75 bits per heavy atom. The summed E-state index contributed by atoms with van der Waals surface area (Å²) >= 11 is 1.21. The maximum atomic E-state index is 11.9. The number of carbonyl (C=O) groups is 2. The first kappa shape index (κ1) is 14.6. The van der Waals surface area contributed by atoms with Gasteiger partial charge in [-0.1, -0.05) is 11.3 Å². The third-order valence-corrected chi connectivity index (χ3v) is 3.62. The third-order valence-electron chi connectivity index (χ3n) is 2.62. The Bertz CT molecular complexity index is 510. The number of aromatic nitrogens is 1. The molecular formula is C12H19N5O2S. The van der Waals surface area contributed by atoms with E-state index in [-0.39, 0.29) is 30.2 Å². The fourth-order valence-electron chi connectivity index (χ4n) is 1.57. The zero-order valence-corrected chi connectivity index (χ0v) is 12.3. The van der Waals surface area contributed by atoms with Crippen LogP contribution < -0.4 is 21.7 Å². The number of amides is 2. The average molecular weight is 297 g/mol. The van der Waals surface area contributed by atoms with Crippen molar-refractivity contribution in [1.29, 1.82) is 0 Å². The van der Waals surface area contributed by atoms with Gasteiger partial charge in [0.1, 0.15) is 10.7 Å². The van der Waals surface area contributed by atoms with E-state index in [1.54, 1.807) is 0 Å². The molecule has 20 heavy (non-hydrogen) atoms. The van der Waals surface area contributed by atoms with Crippen molar-refractivity contribution in [3.8, 4) is 0 Å². The van der Waals surface area contributed by atoms with E-state index < -0.39 is 0 Å². The summed E-state index contributed by atoms with van der Waals surface area (Å²) in [6.45, 7) is 3.65. The molecule has 0 radical (unpaired) electrons. The summed E-state index contributed by atoms with van der Waals surface area (Å²) in [5, 5.41) is 9.08. The largest absolute Gasteiger partial charge is 0.382 e. The molecule has 0 atom stereocenters. The van der Waals surface area contributed by atoms with Crippen molar-refractivity contribution in [2.75, 3.05) is 17.6 Å². The molecule has 1 saturated carbocycles. The quantitative estimate of drug-likeness (QED) is 0.613. The van der Waals surface area contributed by atoms with Crippen LogP contribution in [0.2, 0.25) is 0 Å². The molecule has 1 aliphatic carbocycles. The van der Waals surface area contributed by atoms with Gasteiger partial charge in [0, 0.05) is 12.1 Å². The van der Waals surface area contributed by atoms with Gasteiger partial charge in [-0.3, -0.25) is 9.59 Å². The number of nitrogens with two attached hydrogens (primary N) is 1. The van der Waals surface area contributed by atoms with Crippen molar-refractivity contribution in [2.45, 2.75) is 38.8 Å². The van der Waals surface area contributed by atoms with Crippen LogP contribution in [-0.2, 0) is 4.79 Å². The molecule has 8 heteroatoms. The van der Waals surface area contributed by atoms with E-state index in [0.717, 1.165) is 12.8 Å². The van der Waals surface area contributed by atoms with Crippen LogP contribution in [-0.4, -0.2) is 35.4 Å². The summed E-state index contributed by atoms with van der Waals surface area (Å²) in [6.07, 6.45) is 2.24. The monoisotopic (exact) mass is 297 g/mol. The Balaban J connectivity index is 1.88.